The fraction of sp³-hybridized carbons (Fsp3) is 0.250. The van der Waals surface area contributed by atoms with Crippen molar-refractivity contribution in [1.82, 2.24) is 0 Å². The van der Waals surface area contributed by atoms with Crippen molar-refractivity contribution in [2.24, 2.45) is 5.73 Å². The quantitative estimate of drug-likeness (QED) is 0.700. The Balaban J connectivity index is 3.00. The predicted octanol–water partition coefficient (Wildman–Crippen LogP) is 1.83. The van der Waals surface area contributed by atoms with Crippen LogP contribution in [0.1, 0.15) is 13.3 Å². The summed E-state index contributed by atoms with van der Waals surface area (Å²) in [5, 5.41) is 0. The van der Waals surface area contributed by atoms with E-state index in [1.165, 1.54) is 0 Å². The average Bonchev–Trinajstić information content (AvgIpc) is 2.18. The first-order valence-electron chi connectivity index (χ1n) is 4.85. The van der Waals surface area contributed by atoms with Crippen LogP contribution < -0.4 is 5.73 Å². The Morgan fingerprint density at radius 3 is 3.07 bits per heavy atom. The van der Waals surface area contributed by atoms with E-state index in [-0.39, 0.29) is 0 Å². The molecule has 15 heavy (non-hydrogen) atoms. The lowest BCUT2D eigenvalue weighted by molar-refractivity contribution is -0.138. The largest absolute Gasteiger partial charge is 0.462 e. The molecule has 0 heterocycles. The molecule has 3 heteroatoms. The molecule has 0 aromatic carbocycles. The fourth-order valence-electron chi connectivity index (χ4n) is 1.23. The van der Waals surface area contributed by atoms with Gasteiger partial charge in [-0.25, -0.2) is 4.79 Å². The summed E-state index contributed by atoms with van der Waals surface area (Å²) in [6.07, 6.45) is 7.91. The maximum atomic E-state index is 11.5. The molecule has 0 atom stereocenters. The van der Waals surface area contributed by atoms with Gasteiger partial charge >= 0.3 is 5.97 Å². The maximum absolute atomic E-state index is 11.5. The van der Waals surface area contributed by atoms with Gasteiger partial charge in [-0.05, 0) is 25.0 Å². The standard InChI is InChI=1S/C12H15NO2/c1-3-15-12(14)10-8-9(2)6-4-5-7-11(10)13/h4,6-8H,2-3,5,13H2,1H3. The van der Waals surface area contributed by atoms with E-state index in [0.717, 1.165) is 5.57 Å². The highest BCUT2D eigenvalue weighted by Crippen LogP contribution is 2.14. The van der Waals surface area contributed by atoms with E-state index in [1.54, 1.807) is 19.1 Å². The van der Waals surface area contributed by atoms with Gasteiger partial charge in [-0.3, -0.25) is 0 Å². The molecule has 3 nitrogen and oxygen atoms in total. The van der Waals surface area contributed by atoms with Crippen molar-refractivity contribution in [3.8, 4) is 0 Å². The van der Waals surface area contributed by atoms with Gasteiger partial charge in [-0.2, -0.15) is 0 Å². The van der Waals surface area contributed by atoms with Crippen molar-refractivity contribution in [3.63, 3.8) is 0 Å². The number of nitrogens with two attached hydrogens (primary N) is 1. The molecule has 80 valence electrons. The second-order valence-corrected chi connectivity index (χ2v) is 3.15. The smallest absolute Gasteiger partial charge is 0.340 e. The van der Waals surface area contributed by atoms with Crippen LogP contribution in [0.15, 0.2) is 47.7 Å². The Morgan fingerprint density at radius 1 is 1.67 bits per heavy atom. The monoisotopic (exact) mass is 205 g/mol. The molecule has 0 aromatic heterocycles. The molecule has 0 radical (unpaired) electrons. The number of hydrogen-bond donors (Lipinski definition) is 1. The van der Waals surface area contributed by atoms with Crippen LogP contribution in [0.5, 0.6) is 0 Å². The molecule has 0 saturated heterocycles. The molecule has 0 amide bonds. The summed E-state index contributed by atoms with van der Waals surface area (Å²) < 4.78 is 4.90. The minimum atomic E-state index is -0.400. The zero-order chi connectivity index (χ0) is 11.3. The van der Waals surface area contributed by atoms with Crippen LogP contribution in [-0.2, 0) is 9.53 Å². The summed E-state index contributed by atoms with van der Waals surface area (Å²) in [4.78, 5) is 11.5. The van der Waals surface area contributed by atoms with Gasteiger partial charge in [-0.1, -0.05) is 24.8 Å². The van der Waals surface area contributed by atoms with E-state index in [1.807, 2.05) is 12.2 Å². The molecular formula is C12H15NO2. The van der Waals surface area contributed by atoms with E-state index in [0.29, 0.717) is 24.3 Å². The van der Waals surface area contributed by atoms with Gasteiger partial charge in [0.2, 0.25) is 0 Å². The first kappa shape index (κ1) is 11.3. The van der Waals surface area contributed by atoms with Crippen LogP contribution in [0.25, 0.3) is 0 Å². The predicted molar refractivity (Wildman–Crippen MR) is 59.9 cm³/mol. The summed E-state index contributed by atoms with van der Waals surface area (Å²) in [5.74, 6) is -0.400. The van der Waals surface area contributed by atoms with Crippen LogP contribution in [-0.4, -0.2) is 12.6 Å². The van der Waals surface area contributed by atoms with E-state index in [2.05, 4.69) is 6.58 Å². The minimum Gasteiger partial charge on any atom is -0.462 e. The summed E-state index contributed by atoms with van der Waals surface area (Å²) >= 11 is 0. The number of ether oxygens (including phenoxy) is 1. The Bertz CT molecular complexity index is 362. The number of hydrogen-bond acceptors (Lipinski definition) is 3. The summed E-state index contributed by atoms with van der Waals surface area (Å²) in [7, 11) is 0. The zero-order valence-electron chi connectivity index (χ0n) is 8.82. The van der Waals surface area contributed by atoms with Gasteiger partial charge in [0.25, 0.3) is 0 Å². The molecule has 0 aromatic rings. The van der Waals surface area contributed by atoms with E-state index in [4.69, 9.17) is 10.5 Å². The highest BCUT2D eigenvalue weighted by atomic mass is 16.5. The topological polar surface area (TPSA) is 52.3 Å². The molecular weight excluding hydrogens is 190 g/mol. The third-order valence-electron chi connectivity index (χ3n) is 1.94. The number of carbonyl (C=O) groups is 1. The van der Waals surface area contributed by atoms with Gasteiger partial charge in [0.1, 0.15) is 0 Å². The minimum absolute atomic E-state index is 0.339. The normalized spacial score (nSPS) is 16.2. The van der Waals surface area contributed by atoms with Gasteiger partial charge in [0.05, 0.1) is 12.2 Å². The van der Waals surface area contributed by atoms with Crippen molar-refractivity contribution in [3.05, 3.63) is 47.7 Å². The molecule has 1 aliphatic carbocycles. The molecule has 0 saturated carbocycles. The van der Waals surface area contributed by atoms with Crippen molar-refractivity contribution in [2.75, 3.05) is 6.61 Å². The summed E-state index contributed by atoms with van der Waals surface area (Å²) in [6, 6.07) is 0. The summed E-state index contributed by atoms with van der Waals surface area (Å²) in [6.45, 7) is 5.89. The van der Waals surface area contributed by atoms with Gasteiger partial charge in [0, 0.05) is 5.70 Å². The van der Waals surface area contributed by atoms with Crippen LogP contribution in [0, 0.1) is 0 Å². The maximum Gasteiger partial charge on any atom is 0.340 e. The molecule has 1 aliphatic rings. The van der Waals surface area contributed by atoms with Crippen molar-refractivity contribution in [1.29, 1.82) is 0 Å². The molecule has 0 unspecified atom stereocenters. The van der Waals surface area contributed by atoms with Crippen LogP contribution in [0.4, 0.5) is 0 Å². The lowest BCUT2D eigenvalue weighted by atomic mass is 10.1. The number of esters is 1. The number of allylic oxidation sites excluding steroid dienone is 5. The average molecular weight is 205 g/mol. The lowest BCUT2D eigenvalue weighted by Crippen LogP contribution is -2.14. The molecule has 0 spiro atoms. The van der Waals surface area contributed by atoms with Gasteiger partial charge in [0.15, 0.2) is 0 Å². The van der Waals surface area contributed by atoms with Crippen molar-refractivity contribution in [2.45, 2.75) is 13.3 Å². The molecule has 1 rings (SSSR count). The first-order chi connectivity index (χ1) is 7.15. The fourth-order valence-corrected chi connectivity index (χ4v) is 1.23. The number of carbonyl (C=O) groups excluding carboxylic acids is 1. The van der Waals surface area contributed by atoms with E-state index < -0.39 is 5.97 Å². The zero-order valence-corrected chi connectivity index (χ0v) is 8.82. The summed E-state index contributed by atoms with van der Waals surface area (Å²) in [5.41, 5.74) is 7.33. The lowest BCUT2D eigenvalue weighted by Gasteiger charge is -2.09. The Morgan fingerprint density at radius 2 is 2.40 bits per heavy atom. The third-order valence-corrected chi connectivity index (χ3v) is 1.94. The Hall–Kier alpha value is -1.77. The van der Waals surface area contributed by atoms with Crippen LogP contribution in [0.3, 0.4) is 0 Å². The SMILES string of the molecule is C=C1C=CCC=C(N)C(C(=O)OCC)=C1. The van der Waals surface area contributed by atoms with Crippen molar-refractivity contribution >= 4 is 5.97 Å². The van der Waals surface area contributed by atoms with Crippen molar-refractivity contribution < 1.29 is 9.53 Å². The third kappa shape index (κ3) is 3.13. The van der Waals surface area contributed by atoms with Gasteiger partial charge < -0.3 is 10.5 Å². The second kappa shape index (κ2) is 5.20. The number of rotatable bonds is 2. The van der Waals surface area contributed by atoms with E-state index >= 15 is 0 Å². The van der Waals surface area contributed by atoms with Crippen LogP contribution >= 0.6 is 0 Å². The highest BCUT2D eigenvalue weighted by Gasteiger charge is 2.13. The Labute approximate surface area is 89.6 Å². The molecule has 0 fully saturated rings. The van der Waals surface area contributed by atoms with E-state index in [9.17, 15) is 4.79 Å². The highest BCUT2D eigenvalue weighted by molar-refractivity contribution is 5.93. The molecule has 2 N–H and O–H groups in total. The molecule has 0 aliphatic heterocycles. The van der Waals surface area contributed by atoms with Gasteiger partial charge in [-0.15, -0.1) is 0 Å². The van der Waals surface area contributed by atoms with Crippen LogP contribution in [0.2, 0.25) is 0 Å². The first-order valence-corrected chi connectivity index (χ1v) is 4.85. The Kier molecular flexibility index (Phi) is 3.92. The second-order valence-electron chi connectivity index (χ2n) is 3.15. The molecule has 0 bridgehead atoms.